The summed E-state index contributed by atoms with van der Waals surface area (Å²) >= 11 is 0. The zero-order valence-corrected chi connectivity index (χ0v) is 6.78. The second kappa shape index (κ2) is 5.03. The van der Waals surface area contributed by atoms with Gasteiger partial charge in [0.05, 0.1) is 0 Å². The minimum Gasteiger partial charge on any atom is -0.366 e. The maximum Gasteiger partial charge on any atom is 0.466 e. The molecule has 0 aliphatic rings. The molecule has 0 spiro atoms. The monoisotopic (exact) mass is 183 g/mol. The Bertz CT molecular complexity index is 174. The Hall–Kier alpha value is -0.680. The van der Waals surface area contributed by atoms with Crippen LogP contribution < -0.4 is 5.73 Å². The van der Waals surface area contributed by atoms with Gasteiger partial charge in [0.2, 0.25) is 5.91 Å². The van der Waals surface area contributed by atoms with Crippen LogP contribution in [-0.4, -0.2) is 20.6 Å². The number of amides is 1. The molecule has 0 radical (unpaired) electrons. The Balaban J connectivity index is 0. The topological polar surface area (TPSA) is 121 Å². The summed E-state index contributed by atoms with van der Waals surface area (Å²) in [6.07, 6.45) is 0. The summed E-state index contributed by atoms with van der Waals surface area (Å²) in [7, 11) is -4.64. The molecule has 0 aliphatic carbocycles. The van der Waals surface area contributed by atoms with Crippen LogP contribution in [0.5, 0.6) is 0 Å². The van der Waals surface area contributed by atoms with Crippen LogP contribution in [0.4, 0.5) is 0 Å². The lowest BCUT2D eigenvalue weighted by atomic mass is 10.3. The molecule has 0 aliphatic heterocycles. The van der Waals surface area contributed by atoms with Gasteiger partial charge in [-0.25, -0.2) is 4.57 Å². The molecule has 0 saturated carbocycles. The van der Waals surface area contributed by atoms with Crippen molar-refractivity contribution < 1.29 is 24.0 Å². The van der Waals surface area contributed by atoms with E-state index in [-0.39, 0.29) is 0 Å². The molecule has 0 atom stereocenters. The summed E-state index contributed by atoms with van der Waals surface area (Å²) in [5.74, 6) is -0.435. The summed E-state index contributed by atoms with van der Waals surface area (Å²) < 4.78 is 8.88. The van der Waals surface area contributed by atoms with Crippen molar-refractivity contribution in [3.05, 3.63) is 12.2 Å². The van der Waals surface area contributed by atoms with Crippen molar-refractivity contribution in [1.29, 1.82) is 0 Å². The van der Waals surface area contributed by atoms with Crippen molar-refractivity contribution in [3.63, 3.8) is 0 Å². The first-order valence-corrected chi connectivity index (χ1v) is 3.94. The SMILES string of the molecule is C=C(C)C(N)=O.O=P(O)(O)O. The number of hydrogen-bond acceptors (Lipinski definition) is 2. The number of rotatable bonds is 1. The number of nitrogens with two attached hydrogens (primary N) is 1. The standard InChI is InChI=1S/C4H7NO.H3O4P/c1-3(2)4(5)6;1-5(2,3)4/h1H2,2H3,(H2,5,6);(H3,1,2,3,4). The third-order valence-corrected chi connectivity index (χ3v) is 0.421. The summed E-state index contributed by atoms with van der Waals surface area (Å²) in [5.41, 5.74) is 5.09. The van der Waals surface area contributed by atoms with Gasteiger partial charge in [-0.3, -0.25) is 4.79 Å². The second-order valence-corrected chi connectivity index (χ2v) is 2.68. The average Bonchev–Trinajstić information content (AvgIpc) is 1.59. The van der Waals surface area contributed by atoms with Crippen molar-refractivity contribution in [2.45, 2.75) is 6.92 Å². The molecule has 0 rings (SSSR count). The van der Waals surface area contributed by atoms with Gasteiger partial charge < -0.3 is 20.4 Å². The van der Waals surface area contributed by atoms with Crippen molar-refractivity contribution in [1.82, 2.24) is 0 Å². The second-order valence-electron chi connectivity index (χ2n) is 1.66. The maximum absolute atomic E-state index is 9.82. The van der Waals surface area contributed by atoms with Crippen LogP contribution in [0.15, 0.2) is 12.2 Å². The normalized spacial score (nSPS) is 9.45. The lowest BCUT2D eigenvalue weighted by Crippen LogP contribution is -2.10. The molecule has 0 heterocycles. The summed E-state index contributed by atoms with van der Waals surface area (Å²) in [5, 5.41) is 0. The molecule has 0 fully saturated rings. The Morgan fingerprint density at radius 2 is 1.55 bits per heavy atom. The lowest BCUT2D eigenvalue weighted by molar-refractivity contribution is -0.114. The molecule has 0 unspecified atom stereocenters. The first-order valence-electron chi connectivity index (χ1n) is 2.38. The van der Waals surface area contributed by atoms with Gasteiger partial charge in [-0.1, -0.05) is 6.58 Å². The fourth-order valence-electron chi connectivity index (χ4n) is 0. The molecular formula is C4H10NO5P. The number of primary amides is 1. The lowest BCUT2D eigenvalue weighted by Gasteiger charge is -1.82. The molecule has 5 N–H and O–H groups in total. The van der Waals surface area contributed by atoms with Crippen LogP contribution in [0.1, 0.15) is 6.92 Å². The van der Waals surface area contributed by atoms with Gasteiger partial charge in [0.15, 0.2) is 0 Å². The fraction of sp³-hybridized carbons (Fsp3) is 0.250. The average molecular weight is 183 g/mol. The van der Waals surface area contributed by atoms with E-state index in [1.165, 1.54) is 0 Å². The van der Waals surface area contributed by atoms with Crippen LogP contribution in [0.3, 0.4) is 0 Å². The minimum absolute atomic E-state index is 0.398. The van der Waals surface area contributed by atoms with Crippen molar-refractivity contribution in [3.8, 4) is 0 Å². The molecule has 0 bridgehead atoms. The van der Waals surface area contributed by atoms with Crippen LogP contribution in [0.2, 0.25) is 0 Å². The molecule has 1 amide bonds. The molecule has 0 aromatic carbocycles. The van der Waals surface area contributed by atoms with Gasteiger partial charge in [0, 0.05) is 5.57 Å². The van der Waals surface area contributed by atoms with E-state index in [2.05, 4.69) is 6.58 Å². The van der Waals surface area contributed by atoms with E-state index in [0.29, 0.717) is 5.57 Å². The molecule has 0 saturated heterocycles. The zero-order chi connectivity index (χ0) is 9.65. The van der Waals surface area contributed by atoms with Gasteiger partial charge in [0.1, 0.15) is 0 Å². The summed E-state index contributed by atoms with van der Waals surface area (Å²) in [6.45, 7) is 4.85. The Morgan fingerprint density at radius 3 is 1.55 bits per heavy atom. The molecule has 0 aromatic heterocycles. The third kappa shape index (κ3) is 45.3. The minimum atomic E-state index is -4.64. The van der Waals surface area contributed by atoms with Gasteiger partial charge in [0.25, 0.3) is 0 Å². The smallest absolute Gasteiger partial charge is 0.366 e. The molecular weight excluding hydrogens is 173 g/mol. The summed E-state index contributed by atoms with van der Waals surface area (Å²) in [6, 6.07) is 0. The van der Waals surface area contributed by atoms with E-state index in [9.17, 15) is 4.79 Å². The molecule has 7 heteroatoms. The van der Waals surface area contributed by atoms with Gasteiger partial charge in [-0.05, 0) is 6.92 Å². The van der Waals surface area contributed by atoms with Crippen LogP contribution in [0.25, 0.3) is 0 Å². The van der Waals surface area contributed by atoms with E-state index in [0.717, 1.165) is 0 Å². The fourth-order valence-corrected chi connectivity index (χ4v) is 0. The predicted octanol–water partition coefficient (Wildman–Crippen LogP) is -0.881. The van der Waals surface area contributed by atoms with Crippen molar-refractivity contribution in [2.75, 3.05) is 0 Å². The Morgan fingerprint density at radius 1 is 1.45 bits per heavy atom. The van der Waals surface area contributed by atoms with E-state index < -0.39 is 13.7 Å². The molecule has 6 nitrogen and oxygen atoms in total. The highest BCUT2D eigenvalue weighted by molar-refractivity contribution is 7.45. The Kier molecular flexibility index (Phi) is 5.93. The van der Waals surface area contributed by atoms with E-state index in [4.69, 9.17) is 25.0 Å². The van der Waals surface area contributed by atoms with E-state index in [1.54, 1.807) is 6.92 Å². The number of carbonyl (C=O) groups is 1. The van der Waals surface area contributed by atoms with Crippen molar-refractivity contribution >= 4 is 13.7 Å². The zero-order valence-electron chi connectivity index (χ0n) is 5.89. The van der Waals surface area contributed by atoms with Crippen LogP contribution in [-0.2, 0) is 9.36 Å². The van der Waals surface area contributed by atoms with Crippen LogP contribution >= 0.6 is 7.82 Å². The quantitative estimate of drug-likeness (QED) is 0.310. The van der Waals surface area contributed by atoms with E-state index in [1.807, 2.05) is 0 Å². The third-order valence-electron chi connectivity index (χ3n) is 0.421. The molecule has 0 aromatic rings. The largest absolute Gasteiger partial charge is 0.466 e. The highest BCUT2D eigenvalue weighted by Crippen LogP contribution is 2.25. The van der Waals surface area contributed by atoms with Gasteiger partial charge in [-0.2, -0.15) is 0 Å². The number of phosphoric acid groups is 1. The maximum atomic E-state index is 9.82. The van der Waals surface area contributed by atoms with E-state index >= 15 is 0 Å². The molecule has 66 valence electrons. The number of carbonyl (C=O) groups excluding carboxylic acids is 1. The van der Waals surface area contributed by atoms with Crippen molar-refractivity contribution in [2.24, 2.45) is 5.73 Å². The first-order chi connectivity index (χ1) is 4.64. The Labute approximate surface area is 63.6 Å². The molecule has 11 heavy (non-hydrogen) atoms. The van der Waals surface area contributed by atoms with Gasteiger partial charge >= 0.3 is 7.82 Å². The highest BCUT2D eigenvalue weighted by atomic mass is 31.2. The predicted molar refractivity (Wildman–Crippen MR) is 38.3 cm³/mol. The summed E-state index contributed by atoms with van der Waals surface area (Å²) in [4.78, 5) is 31.4. The first kappa shape index (κ1) is 12.9. The highest BCUT2D eigenvalue weighted by Gasteiger charge is 2.00. The van der Waals surface area contributed by atoms with Gasteiger partial charge in [-0.15, -0.1) is 0 Å². The number of hydrogen-bond donors (Lipinski definition) is 4. The van der Waals surface area contributed by atoms with Crippen LogP contribution in [0, 0.1) is 0 Å².